The molecule has 2 aromatic heterocycles. The van der Waals surface area contributed by atoms with E-state index in [1.807, 2.05) is 6.92 Å². The van der Waals surface area contributed by atoms with E-state index in [4.69, 9.17) is 11.6 Å². The first-order chi connectivity index (χ1) is 8.64. The maximum absolute atomic E-state index is 9.41. The summed E-state index contributed by atoms with van der Waals surface area (Å²) in [5, 5.41) is 21.9. The normalized spacial score (nSPS) is 12.0. The SMILES string of the molecule is CCC(CO)(CO)Nc1nc(Cl)nc2nc[nH]c12. The van der Waals surface area contributed by atoms with Crippen molar-refractivity contribution in [3.63, 3.8) is 0 Å². The number of H-pyrrole nitrogens is 1. The van der Waals surface area contributed by atoms with Crippen LogP contribution in [0.3, 0.4) is 0 Å². The van der Waals surface area contributed by atoms with Gasteiger partial charge in [-0.15, -0.1) is 0 Å². The van der Waals surface area contributed by atoms with Crippen LogP contribution in [0.15, 0.2) is 6.33 Å². The van der Waals surface area contributed by atoms with Crippen molar-refractivity contribution in [2.24, 2.45) is 0 Å². The standard InChI is InChI=1S/C10H14ClN5O2/c1-2-10(3-17,4-18)16-8-6-7(13-5-12-6)14-9(11)15-8/h5,17-18H,2-4H2,1H3,(H2,12,13,14,15,16). The molecule has 0 aromatic carbocycles. The van der Waals surface area contributed by atoms with E-state index in [-0.39, 0.29) is 18.5 Å². The lowest BCUT2D eigenvalue weighted by Gasteiger charge is -2.30. The second-order valence-electron chi connectivity index (χ2n) is 4.02. The molecule has 98 valence electrons. The Hall–Kier alpha value is -1.44. The Morgan fingerprint density at radius 2 is 2.11 bits per heavy atom. The van der Waals surface area contributed by atoms with Gasteiger partial charge in [0, 0.05) is 0 Å². The van der Waals surface area contributed by atoms with Crippen LogP contribution in [0.4, 0.5) is 5.82 Å². The highest BCUT2D eigenvalue weighted by Gasteiger charge is 2.28. The number of aliphatic hydroxyl groups is 2. The average Bonchev–Trinajstić information content (AvgIpc) is 2.84. The molecule has 0 saturated heterocycles. The van der Waals surface area contributed by atoms with Gasteiger partial charge >= 0.3 is 0 Å². The lowest BCUT2D eigenvalue weighted by molar-refractivity contribution is 0.132. The van der Waals surface area contributed by atoms with Crippen LogP contribution in [0.1, 0.15) is 13.3 Å². The Morgan fingerprint density at radius 1 is 1.39 bits per heavy atom. The second-order valence-corrected chi connectivity index (χ2v) is 4.36. The van der Waals surface area contributed by atoms with E-state index in [1.165, 1.54) is 6.33 Å². The number of nitrogens with one attached hydrogen (secondary N) is 2. The van der Waals surface area contributed by atoms with E-state index in [0.29, 0.717) is 23.4 Å². The van der Waals surface area contributed by atoms with E-state index >= 15 is 0 Å². The van der Waals surface area contributed by atoms with E-state index < -0.39 is 5.54 Å². The predicted octanol–water partition coefficient (Wildman–Crippen LogP) is 0.552. The topological polar surface area (TPSA) is 107 Å². The predicted molar refractivity (Wildman–Crippen MR) is 67.5 cm³/mol. The maximum Gasteiger partial charge on any atom is 0.226 e. The van der Waals surface area contributed by atoms with Crippen molar-refractivity contribution in [3.8, 4) is 0 Å². The summed E-state index contributed by atoms with van der Waals surface area (Å²) in [7, 11) is 0. The molecule has 0 radical (unpaired) electrons. The Kier molecular flexibility index (Phi) is 3.65. The molecule has 0 aliphatic rings. The molecule has 0 aliphatic heterocycles. The first-order valence-corrected chi connectivity index (χ1v) is 5.88. The average molecular weight is 272 g/mol. The fourth-order valence-corrected chi connectivity index (χ4v) is 1.75. The number of rotatable bonds is 5. The number of aromatic amines is 1. The monoisotopic (exact) mass is 271 g/mol. The van der Waals surface area contributed by atoms with Gasteiger partial charge in [0.05, 0.1) is 25.1 Å². The number of imidazole rings is 1. The Morgan fingerprint density at radius 3 is 2.72 bits per heavy atom. The summed E-state index contributed by atoms with van der Waals surface area (Å²) in [6.07, 6.45) is 2.00. The fourth-order valence-electron chi connectivity index (χ4n) is 1.59. The zero-order chi connectivity index (χ0) is 13.2. The smallest absolute Gasteiger partial charge is 0.226 e. The summed E-state index contributed by atoms with van der Waals surface area (Å²) < 4.78 is 0. The highest BCUT2D eigenvalue weighted by Crippen LogP contribution is 2.23. The minimum atomic E-state index is -0.851. The molecular weight excluding hydrogens is 258 g/mol. The van der Waals surface area contributed by atoms with Crippen molar-refractivity contribution in [1.82, 2.24) is 19.9 Å². The molecule has 0 amide bonds. The molecule has 0 atom stereocenters. The van der Waals surface area contributed by atoms with Gasteiger partial charge in [0.1, 0.15) is 5.52 Å². The lowest BCUT2D eigenvalue weighted by atomic mass is 9.98. The molecule has 18 heavy (non-hydrogen) atoms. The molecule has 0 bridgehead atoms. The molecule has 2 rings (SSSR count). The molecule has 2 heterocycles. The highest BCUT2D eigenvalue weighted by atomic mass is 35.5. The lowest BCUT2D eigenvalue weighted by Crippen LogP contribution is -2.45. The highest BCUT2D eigenvalue weighted by molar-refractivity contribution is 6.28. The number of aromatic nitrogens is 4. The van der Waals surface area contributed by atoms with Crippen LogP contribution in [-0.4, -0.2) is 48.9 Å². The Balaban J connectivity index is 2.44. The molecule has 0 fully saturated rings. The minimum absolute atomic E-state index is 0.0537. The number of aliphatic hydroxyl groups excluding tert-OH is 2. The summed E-state index contributed by atoms with van der Waals surface area (Å²) in [6, 6.07) is 0. The van der Waals surface area contributed by atoms with Gasteiger partial charge in [0.15, 0.2) is 11.5 Å². The largest absolute Gasteiger partial charge is 0.394 e. The minimum Gasteiger partial charge on any atom is -0.394 e. The van der Waals surface area contributed by atoms with Gasteiger partial charge in [-0.2, -0.15) is 9.97 Å². The Labute approximate surface area is 108 Å². The second kappa shape index (κ2) is 5.05. The van der Waals surface area contributed by atoms with Crippen LogP contribution in [0.25, 0.3) is 11.2 Å². The van der Waals surface area contributed by atoms with Gasteiger partial charge < -0.3 is 20.5 Å². The van der Waals surface area contributed by atoms with Crippen LogP contribution in [0.2, 0.25) is 5.28 Å². The van der Waals surface area contributed by atoms with Crippen LogP contribution < -0.4 is 5.32 Å². The Bertz CT molecular complexity index is 532. The summed E-state index contributed by atoms with van der Waals surface area (Å²) >= 11 is 5.80. The van der Waals surface area contributed by atoms with E-state index in [2.05, 4.69) is 25.3 Å². The van der Waals surface area contributed by atoms with Crippen LogP contribution >= 0.6 is 11.6 Å². The number of fused-ring (bicyclic) bond motifs is 1. The summed E-state index contributed by atoms with van der Waals surface area (Å²) in [5.41, 5.74) is 0.160. The van der Waals surface area contributed by atoms with Gasteiger partial charge in [-0.25, -0.2) is 4.98 Å². The van der Waals surface area contributed by atoms with Crippen molar-refractivity contribution in [2.45, 2.75) is 18.9 Å². The number of hydrogen-bond donors (Lipinski definition) is 4. The third-order valence-electron chi connectivity index (χ3n) is 2.92. The molecular formula is C10H14ClN5O2. The summed E-state index contributed by atoms with van der Waals surface area (Å²) in [5.74, 6) is 0.410. The molecule has 4 N–H and O–H groups in total. The van der Waals surface area contributed by atoms with Gasteiger partial charge in [-0.3, -0.25) is 0 Å². The molecule has 2 aromatic rings. The quantitative estimate of drug-likeness (QED) is 0.592. The van der Waals surface area contributed by atoms with E-state index in [9.17, 15) is 10.2 Å². The summed E-state index contributed by atoms with van der Waals surface area (Å²) in [6.45, 7) is 1.40. The van der Waals surface area contributed by atoms with Crippen LogP contribution in [0, 0.1) is 0 Å². The number of nitrogens with zero attached hydrogens (tertiary/aromatic N) is 3. The van der Waals surface area contributed by atoms with Crippen LogP contribution in [0.5, 0.6) is 0 Å². The van der Waals surface area contributed by atoms with Crippen molar-refractivity contribution < 1.29 is 10.2 Å². The third-order valence-corrected chi connectivity index (χ3v) is 3.09. The third kappa shape index (κ3) is 2.24. The van der Waals surface area contributed by atoms with Gasteiger partial charge in [-0.05, 0) is 18.0 Å². The molecule has 0 saturated carbocycles. The van der Waals surface area contributed by atoms with Crippen molar-refractivity contribution in [3.05, 3.63) is 11.6 Å². The van der Waals surface area contributed by atoms with Crippen molar-refractivity contribution >= 4 is 28.6 Å². The molecule has 0 aliphatic carbocycles. The summed E-state index contributed by atoms with van der Waals surface area (Å²) in [4.78, 5) is 14.9. The molecule has 0 unspecified atom stereocenters. The first-order valence-electron chi connectivity index (χ1n) is 5.50. The molecule has 0 spiro atoms. The number of anilines is 1. The molecule has 7 nitrogen and oxygen atoms in total. The number of halogens is 1. The van der Waals surface area contributed by atoms with Gasteiger partial charge in [0.25, 0.3) is 0 Å². The molecule has 8 heteroatoms. The zero-order valence-electron chi connectivity index (χ0n) is 9.81. The van der Waals surface area contributed by atoms with Gasteiger partial charge in [0.2, 0.25) is 5.28 Å². The zero-order valence-corrected chi connectivity index (χ0v) is 10.6. The van der Waals surface area contributed by atoms with Crippen LogP contribution in [-0.2, 0) is 0 Å². The number of hydrogen-bond acceptors (Lipinski definition) is 6. The van der Waals surface area contributed by atoms with Crippen molar-refractivity contribution in [2.75, 3.05) is 18.5 Å². The van der Waals surface area contributed by atoms with E-state index in [0.717, 1.165) is 0 Å². The first kappa shape index (κ1) is 13.0. The van der Waals surface area contributed by atoms with E-state index in [1.54, 1.807) is 0 Å². The fraction of sp³-hybridized carbons (Fsp3) is 0.500. The van der Waals surface area contributed by atoms with Crippen molar-refractivity contribution in [1.29, 1.82) is 0 Å². The maximum atomic E-state index is 9.41. The van der Waals surface area contributed by atoms with Gasteiger partial charge in [-0.1, -0.05) is 6.92 Å².